The monoisotopic (exact) mass is 344 g/mol. The number of methoxy groups -OCH3 is 1. The standard InChI is InChI=1S/C19H24N2O2S/c1-21(14-15-23-18-6-4-3-5-7-18)19(24)20-13-12-16-8-10-17(22-2)11-9-16/h3-11H,12-15H2,1-2H3,(H,20,24). The lowest BCUT2D eigenvalue weighted by Crippen LogP contribution is -2.39. The summed E-state index contributed by atoms with van der Waals surface area (Å²) >= 11 is 5.40. The number of rotatable bonds is 8. The van der Waals surface area contributed by atoms with E-state index < -0.39 is 0 Å². The number of nitrogens with one attached hydrogen (secondary N) is 1. The molecule has 1 N–H and O–H groups in total. The summed E-state index contributed by atoms with van der Waals surface area (Å²) in [4.78, 5) is 1.99. The molecule has 0 aromatic heterocycles. The lowest BCUT2D eigenvalue weighted by atomic mass is 10.1. The zero-order valence-corrected chi connectivity index (χ0v) is 15.0. The van der Waals surface area contributed by atoms with Gasteiger partial charge in [-0.15, -0.1) is 0 Å². The van der Waals surface area contributed by atoms with E-state index in [2.05, 4.69) is 17.4 Å². The van der Waals surface area contributed by atoms with Crippen molar-refractivity contribution in [2.75, 3.05) is 33.9 Å². The molecule has 5 heteroatoms. The van der Waals surface area contributed by atoms with Crippen LogP contribution in [-0.2, 0) is 6.42 Å². The zero-order valence-electron chi connectivity index (χ0n) is 14.2. The van der Waals surface area contributed by atoms with Crippen molar-refractivity contribution >= 4 is 17.3 Å². The van der Waals surface area contributed by atoms with Crippen molar-refractivity contribution < 1.29 is 9.47 Å². The highest BCUT2D eigenvalue weighted by molar-refractivity contribution is 7.80. The minimum atomic E-state index is 0.598. The number of thiocarbonyl (C=S) groups is 1. The van der Waals surface area contributed by atoms with Gasteiger partial charge in [0.2, 0.25) is 0 Å². The van der Waals surface area contributed by atoms with Gasteiger partial charge >= 0.3 is 0 Å². The molecule has 0 bridgehead atoms. The summed E-state index contributed by atoms with van der Waals surface area (Å²) in [5, 5.41) is 4.02. The Labute approximate surface area is 149 Å². The summed E-state index contributed by atoms with van der Waals surface area (Å²) in [5.41, 5.74) is 1.25. The number of benzene rings is 2. The highest BCUT2D eigenvalue weighted by Crippen LogP contribution is 2.11. The van der Waals surface area contributed by atoms with E-state index in [9.17, 15) is 0 Å². The van der Waals surface area contributed by atoms with Gasteiger partial charge in [-0.05, 0) is 48.5 Å². The molecule has 128 valence electrons. The summed E-state index contributed by atoms with van der Waals surface area (Å²) < 4.78 is 10.8. The highest BCUT2D eigenvalue weighted by Gasteiger charge is 2.04. The summed E-state index contributed by atoms with van der Waals surface area (Å²) in [7, 11) is 3.64. The summed E-state index contributed by atoms with van der Waals surface area (Å²) in [6.07, 6.45) is 0.915. The van der Waals surface area contributed by atoms with Gasteiger partial charge in [0.1, 0.15) is 18.1 Å². The number of likely N-dealkylation sites (N-methyl/N-ethyl adjacent to an activating group) is 1. The molecule has 0 amide bonds. The van der Waals surface area contributed by atoms with E-state index in [0.29, 0.717) is 6.61 Å². The normalized spacial score (nSPS) is 10.1. The maximum atomic E-state index is 5.68. The Morgan fingerprint density at radius 1 is 1.04 bits per heavy atom. The van der Waals surface area contributed by atoms with Crippen LogP contribution in [0.5, 0.6) is 11.5 Å². The first-order valence-electron chi connectivity index (χ1n) is 7.99. The predicted octanol–water partition coefficient (Wildman–Crippen LogP) is 3.12. The first-order chi connectivity index (χ1) is 11.7. The molecule has 0 saturated heterocycles. The van der Waals surface area contributed by atoms with Crippen molar-refractivity contribution in [3.05, 3.63) is 60.2 Å². The summed E-state index contributed by atoms with van der Waals surface area (Å²) in [6, 6.07) is 17.9. The van der Waals surface area contributed by atoms with Crippen molar-refractivity contribution in [2.24, 2.45) is 0 Å². The Bertz CT molecular complexity index is 617. The molecule has 0 unspecified atom stereocenters. The van der Waals surface area contributed by atoms with Crippen LogP contribution >= 0.6 is 12.2 Å². The molecular weight excluding hydrogens is 320 g/mol. The SMILES string of the molecule is COc1ccc(CCNC(=S)N(C)CCOc2ccccc2)cc1. The topological polar surface area (TPSA) is 33.7 Å². The maximum Gasteiger partial charge on any atom is 0.168 e. The minimum absolute atomic E-state index is 0.598. The second-order valence-electron chi connectivity index (χ2n) is 5.41. The Kier molecular flexibility index (Phi) is 7.36. The lowest BCUT2D eigenvalue weighted by molar-refractivity contribution is 0.283. The summed E-state index contributed by atoms with van der Waals surface area (Å²) in [6.45, 7) is 2.14. The second kappa shape index (κ2) is 9.78. The van der Waals surface area contributed by atoms with Crippen molar-refractivity contribution in [2.45, 2.75) is 6.42 Å². The number of hydrogen-bond donors (Lipinski definition) is 1. The Morgan fingerprint density at radius 2 is 1.75 bits per heavy atom. The molecule has 0 aliphatic rings. The molecule has 0 radical (unpaired) electrons. The van der Waals surface area contributed by atoms with Crippen LogP contribution in [0.3, 0.4) is 0 Å². The highest BCUT2D eigenvalue weighted by atomic mass is 32.1. The van der Waals surface area contributed by atoms with E-state index in [4.69, 9.17) is 21.7 Å². The smallest absolute Gasteiger partial charge is 0.168 e. The molecule has 0 heterocycles. The molecule has 0 atom stereocenters. The number of hydrogen-bond acceptors (Lipinski definition) is 3. The largest absolute Gasteiger partial charge is 0.497 e. The molecule has 0 spiro atoms. The van der Waals surface area contributed by atoms with E-state index in [1.807, 2.05) is 54.4 Å². The van der Waals surface area contributed by atoms with E-state index in [1.165, 1.54) is 5.56 Å². The first kappa shape index (κ1) is 18.1. The van der Waals surface area contributed by atoms with Crippen LogP contribution in [0.1, 0.15) is 5.56 Å². The molecule has 0 fully saturated rings. The van der Waals surface area contributed by atoms with Crippen LogP contribution in [0.4, 0.5) is 0 Å². The second-order valence-corrected chi connectivity index (χ2v) is 5.80. The van der Waals surface area contributed by atoms with Crippen LogP contribution in [-0.4, -0.2) is 43.9 Å². The van der Waals surface area contributed by atoms with Crippen LogP contribution in [0, 0.1) is 0 Å². The average Bonchev–Trinajstić information content (AvgIpc) is 2.63. The third kappa shape index (κ3) is 6.08. The Morgan fingerprint density at radius 3 is 2.42 bits per heavy atom. The first-order valence-corrected chi connectivity index (χ1v) is 8.39. The van der Waals surface area contributed by atoms with Gasteiger partial charge in [0.05, 0.1) is 13.7 Å². The van der Waals surface area contributed by atoms with E-state index in [1.54, 1.807) is 7.11 Å². The van der Waals surface area contributed by atoms with Gasteiger partial charge in [-0.2, -0.15) is 0 Å². The minimum Gasteiger partial charge on any atom is -0.497 e. The van der Waals surface area contributed by atoms with Gasteiger partial charge in [0, 0.05) is 13.6 Å². The van der Waals surface area contributed by atoms with Gasteiger partial charge in [-0.3, -0.25) is 0 Å². The van der Waals surface area contributed by atoms with Crippen molar-refractivity contribution in [3.8, 4) is 11.5 Å². The van der Waals surface area contributed by atoms with Crippen molar-refractivity contribution in [1.29, 1.82) is 0 Å². The van der Waals surface area contributed by atoms with E-state index >= 15 is 0 Å². The number of ether oxygens (including phenoxy) is 2. The van der Waals surface area contributed by atoms with Crippen LogP contribution in [0.2, 0.25) is 0 Å². The zero-order chi connectivity index (χ0) is 17.2. The van der Waals surface area contributed by atoms with Crippen LogP contribution < -0.4 is 14.8 Å². The number of para-hydroxylation sites is 1. The van der Waals surface area contributed by atoms with Gasteiger partial charge < -0.3 is 19.7 Å². The lowest BCUT2D eigenvalue weighted by Gasteiger charge is -2.21. The van der Waals surface area contributed by atoms with Gasteiger partial charge in [0.25, 0.3) is 0 Å². The van der Waals surface area contributed by atoms with Crippen LogP contribution in [0.25, 0.3) is 0 Å². The summed E-state index contributed by atoms with van der Waals surface area (Å²) in [5.74, 6) is 1.75. The van der Waals surface area contributed by atoms with Crippen molar-refractivity contribution in [1.82, 2.24) is 10.2 Å². The fourth-order valence-electron chi connectivity index (χ4n) is 2.16. The molecule has 2 rings (SSSR count). The Hall–Kier alpha value is -2.27. The fourth-order valence-corrected chi connectivity index (χ4v) is 2.35. The molecular formula is C19H24N2O2S. The van der Waals surface area contributed by atoms with Gasteiger partial charge in [-0.25, -0.2) is 0 Å². The molecule has 2 aromatic rings. The molecule has 24 heavy (non-hydrogen) atoms. The average molecular weight is 344 g/mol. The molecule has 4 nitrogen and oxygen atoms in total. The van der Waals surface area contributed by atoms with Crippen LogP contribution in [0.15, 0.2) is 54.6 Å². The van der Waals surface area contributed by atoms with E-state index in [0.717, 1.165) is 36.1 Å². The van der Waals surface area contributed by atoms with E-state index in [-0.39, 0.29) is 0 Å². The fraction of sp³-hybridized carbons (Fsp3) is 0.316. The Balaban J connectivity index is 1.64. The van der Waals surface area contributed by atoms with Gasteiger partial charge in [0.15, 0.2) is 5.11 Å². The van der Waals surface area contributed by atoms with Gasteiger partial charge in [-0.1, -0.05) is 30.3 Å². The number of nitrogens with zero attached hydrogens (tertiary/aromatic N) is 1. The molecule has 0 aliphatic heterocycles. The third-order valence-electron chi connectivity index (χ3n) is 3.63. The maximum absolute atomic E-state index is 5.68. The molecule has 2 aromatic carbocycles. The molecule has 0 aliphatic carbocycles. The predicted molar refractivity (Wildman–Crippen MR) is 102 cm³/mol. The third-order valence-corrected chi connectivity index (χ3v) is 4.09. The quantitative estimate of drug-likeness (QED) is 0.744. The molecule has 0 saturated carbocycles. The van der Waals surface area contributed by atoms with Crippen molar-refractivity contribution in [3.63, 3.8) is 0 Å².